The first-order valence-corrected chi connectivity index (χ1v) is 10.1. The average molecular weight is 400 g/mol. The molecule has 1 fully saturated rings. The van der Waals surface area contributed by atoms with Crippen LogP contribution in [-0.4, -0.2) is 54.1 Å². The van der Waals surface area contributed by atoms with Crippen molar-refractivity contribution in [3.05, 3.63) is 59.9 Å². The topological polar surface area (TPSA) is 42.0 Å². The predicted molar refractivity (Wildman–Crippen MR) is 111 cm³/mol. The highest BCUT2D eigenvalue weighted by Crippen LogP contribution is 2.26. The van der Waals surface area contributed by atoms with Crippen LogP contribution in [0.25, 0.3) is 0 Å². The zero-order chi connectivity index (χ0) is 20.8. The number of piperazine rings is 1. The molecule has 5 nitrogen and oxygen atoms in total. The molecule has 29 heavy (non-hydrogen) atoms. The molecule has 6 heteroatoms. The molecule has 1 amide bonds. The fraction of sp³-hybridized carbons (Fsp3) is 0.435. The van der Waals surface area contributed by atoms with Crippen molar-refractivity contribution in [2.24, 2.45) is 0 Å². The number of para-hydroxylation sites is 2. The molecular formula is C23H29FN2O3. The minimum Gasteiger partial charge on any atom is -0.490 e. The Labute approximate surface area is 172 Å². The molecule has 0 saturated carbocycles. The fourth-order valence-electron chi connectivity index (χ4n) is 3.66. The van der Waals surface area contributed by atoms with E-state index in [1.165, 1.54) is 12.1 Å². The summed E-state index contributed by atoms with van der Waals surface area (Å²) in [7, 11) is 0. The smallest absolute Gasteiger partial charge is 0.260 e. The molecule has 1 aliphatic heterocycles. The van der Waals surface area contributed by atoms with Gasteiger partial charge in [0.25, 0.3) is 5.91 Å². The maximum Gasteiger partial charge on any atom is 0.260 e. The highest BCUT2D eigenvalue weighted by Gasteiger charge is 2.32. The van der Waals surface area contributed by atoms with Gasteiger partial charge in [0.15, 0.2) is 18.1 Å². The van der Waals surface area contributed by atoms with Crippen molar-refractivity contribution in [2.45, 2.75) is 39.4 Å². The Hall–Kier alpha value is -2.60. The van der Waals surface area contributed by atoms with Crippen molar-refractivity contribution < 1.29 is 18.7 Å². The van der Waals surface area contributed by atoms with E-state index < -0.39 is 0 Å². The van der Waals surface area contributed by atoms with Gasteiger partial charge in [-0.1, -0.05) is 24.3 Å². The normalized spacial score (nSPS) is 19.8. The van der Waals surface area contributed by atoms with Crippen LogP contribution in [0.2, 0.25) is 0 Å². The van der Waals surface area contributed by atoms with Gasteiger partial charge in [0.1, 0.15) is 5.82 Å². The third-order valence-electron chi connectivity index (χ3n) is 5.23. The third-order valence-corrected chi connectivity index (χ3v) is 5.23. The molecule has 2 aromatic carbocycles. The van der Waals surface area contributed by atoms with Crippen LogP contribution in [0, 0.1) is 5.82 Å². The fourth-order valence-corrected chi connectivity index (χ4v) is 3.66. The zero-order valence-electron chi connectivity index (χ0n) is 17.3. The lowest BCUT2D eigenvalue weighted by Crippen LogP contribution is -2.58. The molecule has 0 bridgehead atoms. The molecule has 156 valence electrons. The summed E-state index contributed by atoms with van der Waals surface area (Å²) < 4.78 is 24.4. The second kappa shape index (κ2) is 9.74. The Bertz CT molecular complexity index is 812. The number of carbonyl (C=O) groups is 1. The Morgan fingerprint density at radius 1 is 1.00 bits per heavy atom. The highest BCUT2D eigenvalue weighted by molar-refractivity contribution is 5.78. The molecule has 2 aromatic rings. The minimum absolute atomic E-state index is 0.0148. The number of benzene rings is 2. The second-order valence-electron chi connectivity index (χ2n) is 7.47. The molecule has 0 aromatic heterocycles. The lowest BCUT2D eigenvalue weighted by Gasteiger charge is -2.44. The highest BCUT2D eigenvalue weighted by atomic mass is 19.1. The average Bonchev–Trinajstić information content (AvgIpc) is 2.71. The van der Waals surface area contributed by atoms with E-state index in [1.807, 2.05) is 48.2 Å². The number of halogens is 1. The van der Waals surface area contributed by atoms with Crippen LogP contribution < -0.4 is 9.47 Å². The van der Waals surface area contributed by atoms with Gasteiger partial charge in [0.05, 0.1) is 6.61 Å². The molecule has 2 atom stereocenters. The second-order valence-corrected chi connectivity index (χ2v) is 7.47. The van der Waals surface area contributed by atoms with Gasteiger partial charge in [-0.3, -0.25) is 9.69 Å². The summed E-state index contributed by atoms with van der Waals surface area (Å²) in [4.78, 5) is 17.0. The molecule has 0 spiro atoms. The Balaban J connectivity index is 1.56. The van der Waals surface area contributed by atoms with E-state index in [-0.39, 0.29) is 30.4 Å². The van der Waals surface area contributed by atoms with Crippen molar-refractivity contribution in [3.8, 4) is 11.5 Å². The minimum atomic E-state index is -0.225. The summed E-state index contributed by atoms with van der Waals surface area (Å²) in [6.07, 6.45) is 0. The number of rotatable bonds is 7. The van der Waals surface area contributed by atoms with Crippen molar-refractivity contribution in [1.29, 1.82) is 0 Å². The number of hydrogen-bond acceptors (Lipinski definition) is 4. The maximum absolute atomic E-state index is 13.1. The Kier molecular flexibility index (Phi) is 7.09. The summed E-state index contributed by atoms with van der Waals surface area (Å²) in [5.74, 6) is 0.972. The van der Waals surface area contributed by atoms with Crippen molar-refractivity contribution >= 4 is 5.91 Å². The first-order chi connectivity index (χ1) is 14.0. The quantitative estimate of drug-likeness (QED) is 0.710. The number of ether oxygens (including phenoxy) is 2. The summed E-state index contributed by atoms with van der Waals surface area (Å²) in [5.41, 5.74) is 1.07. The molecular weight excluding hydrogens is 371 g/mol. The van der Waals surface area contributed by atoms with E-state index in [9.17, 15) is 9.18 Å². The Morgan fingerprint density at radius 2 is 1.66 bits per heavy atom. The van der Waals surface area contributed by atoms with Crippen LogP contribution in [0.4, 0.5) is 4.39 Å². The van der Waals surface area contributed by atoms with Gasteiger partial charge < -0.3 is 14.4 Å². The first kappa shape index (κ1) is 21.1. The zero-order valence-corrected chi connectivity index (χ0v) is 17.3. The largest absolute Gasteiger partial charge is 0.490 e. The van der Waals surface area contributed by atoms with Crippen LogP contribution in [0.3, 0.4) is 0 Å². The summed E-state index contributed by atoms with van der Waals surface area (Å²) in [6, 6.07) is 14.3. The van der Waals surface area contributed by atoms with Gasteiger partial charge in [-0.15, -0.1) is 0 Å². The van der Waals surface area contributed by atoms with Crippen LogP contribution in [-0.2, 0) is 11.3 Å². The SMILES string of the molecule is CCOc1ccccc1OCC(=O)N1C[C@@H](C)N(Cc2ccc(F)cc2)C[C@@H]1C. The molecule has 0 aliphatic carbocycles. The van der Waals surface area contributed by atoms with Crippen LogP contribution in [0.1, 0.15) is 26.3 Å². The molecule has 3 rings (SSSR count). The molecule has 1 saturated heterocycles. The van der Waals surface area contributed by atoms with Gasteiger partial charge in [-0.2, -0.15) is 0 Å². The summed E-state index contributed by atoms with van der Waals surface area (Å²) >= 11 is 0. The summed E-state index contributed by atoms with van der Waals surface area (Å²) in [6.45, 7) is 8.74. The van der Waals surface area contributed by atoms with E-state index >= 15 is 0 Å². The van der Waals surface area contributed by atoms with Crippen LogP contribution in [0.5, 0.6) is 11.5 Å². The van der Waals surface area contributed by atoms with Crippen LogP contribution >= 0.6 is 0 Å². The molecule has 0 radical (unpaired) electrons. The van der Waals surface area contributed by atoms with E-state index in [2.05, 4.69) is 18.7 Å². The number of amides is 1. The first-order valence-electron chi connectivity index (χ1n) is 10.1. The predicted octanol–water partition coefficient (Wildman–Crippen LogP) is 3.72. The number of carbonyl (C=O) groups excluding carboxylic acids is 1. The van der Waals surface area contributed by atoms with Gasteiger partial charge >= 0.3 is 0 Å². The third kappa shape index (κ3) is 5.48. The Morgan fingerprint density at radius 3 is 2.31 bits per heavy atom. The van der Waals surface area contributed by atoms with Gasteiger partial charge in [-0.05, 0) is 50.6 Å². The van der Waals surface area contributed by atoms with E-state index in [4.69, 9.17) is 9.47 Å². The van der Waals surface area contributed by atoms with Gasteiger partial charge in [0, 0.05) is 31.7 Å². The van der Waals surface area contributed by atoms with Crippen LogP contribution in [0.15, 0.2) is 48.5 Å². The van der Waals surface area contributed by atoms with E-state index in [0.717, 1.165) is 18.7 Å². The van der Waals surface area contributed by atoms with Crippen molar-refractivity contribution in [3.63, 3.8) is 0 Å². The lowest BCUT2D eigenvalue weighted by molar-refractivity contribution is -0.139. The van der Waals surface area contributed by atoms with Crippen molar-refractivity contribution in [2.75, 3.05) is 26.3 Å². The van der Waals surface area contributed by atoms with Crippen molar-refractivity contribution in [1.82, 2.24) is 9.80 Å². The number of hydrogen-bond donors (Lipinski definition) is 0. The maximum atomic E-state index is 13.1. The van der Waals surface area contributed by atoms with E-state index in [0.29, 0.717) is 24.7 Å². The molecule has 1 aliphatic rings. The molecule has 0 unspecified atom stereocenters. The lowest BCUT2D eigenvalue weighted by atomic mass is 10.1. The van der Waals surface area contributed by atoms with Gasteiger partial charge in [0.2, 0.25) is 0 Å². The summed E-state index contributed by atoms with van der Waals surface area (Å²) in [5, 5.41) is 0. The van der Waals surface area contributed by atoms with Gasteiger partial charge in [-0.25, -0.2) is 4.39 Å². The number of nitrogens with zero attached hydrogens (tertiary/aromatic N) is 2. The molecule has 0 N–H and O–H groups in total. The standard InChI is InChI=1S/C23H29FN2O3/c1-4-28-21-7-5-6-8-22(21)29-16-23(27)26-14-17(2)25(13-18(26)3)15-19-9-11-20(24)12-10-19/h5-12,17-18H,4,13-16H2,1-3H3/t17-,18+/m1/s1. The molecule has 1 heterocycles. The van der Waals surface area contributed by atoms with E-state index in [1.54, 1.807) is 0 Å². The monoisotopic (exact) mass is 400 g/mol.